The minimum absolute atomic E-state index is 0.0131. The maximum atomic E-state index is 12.2. The molecule has 0 aromatic heterocycles. The Kier molecular flexibility index (Phi) is 13.0. The fourth-order valence-corrected chi connectivity index (χ4v) is 2.07. The van der Waals surface area contributed by atoms with Gasteiger partial charge < -0.3 is 10.8 Å². The Balaban J connectivity index is 0.000000494. The van der Waals surface area contributed by atoms with Gasteiger partial charge in [-0.05, 0) is 36.7 Å². The molecule has 0 atom stereocenters. The average Bonchev–Trinajstić information content (AvgIpc) is 2.69. The van der Waals surface area contributed by atoms with Crippen LogP contribution in [-0.2, 0) is 19.0 Å². The van der Waals surface area contributed by atoms with Gasteiger partial charge >= 0.3 is 12.4 Å². The highest BCUT2D eigenvalue weighted by Gasteiger charge is 2.36. The van der Waals surface area contributed by atoms with Crippen molar-refractivity contribution in [1.29, 1.82) is 0 Å². The zero-order valence-electron chi connectivity index (χ0n) is 16.2. The molecule has 0 amide bonds. The van der Waals surface area contributed by atoms with Crippen LogP contribution in [0.5, 0.6) is 0 Å². The van der Waals surface area contributed by atoms with Gasteiger partial charge in [-0.15, -0.1) is 0 Å². The number of halogens is 6. The second-order valence-electron chi connectivity index (χ2n) is 6.08. The molecule has 0 aliphatic heterocycles. The summed E-state index contributed by atoms with van der Waals surface area (Å²) in [4.78, 5) is 0. The van der Waals surface area contributed by atoms with Crippen LogP contribution in [-0.4, -0.2) is 11.7 Å². The van der Waals surface area contributed by atoms with Crippen LogP contribution in [0.15, 0.2) is 54.6 Å². The SMILES string of the molecule is CCCCCCN.OCc1cc(C(F)(F)F)cc(C(F)(F)F)c1.c1ccccc1. The van der Waals surface area contributed by atoms with Crippen molar-refractivity contribution in [3.8, 4) is 0 Å². The summed E-state index contributed by atoms with van der Waals surface area (Å²) in [6.07, 6.45) is -4.57. The van der Waals surface area contributed by atoms with E-state index in [9.17, 15) is 26.3 Å². The molecule has 8 heteroatoms. The lowest BCUT2D eigenvalue weighted by molar-refractivity contribution is -0.143. The van der Waals surface area contributed by atoms with E-state index in [0.29, 0.717) is 12.1 Å². The van der Waals surface area contributed by atoms with E-state index >= 15 is 0 Å². The molecule has 0 saturated carbocycles. The molecule has 2 aromatic carbocycles. The number of hydrogen-bond donors (Lipinski definition) is 2. The first-order valence-electron chi connectivity index (χ1n) is 9.15. The highest BCUT2D eigenvalue weighted by Crippen LogP contribution is 2.36. The van der Waals surface area contributed by atoms with Crippen LogP contribution in [0.25, 0.3) is 0 Å². The molecule has 2 rings (SSSR count). The van der Waals surface area contributed by atoms with Gasteiger partial charge in [-0.3, -0.25) is 0 Å². The van der Waals surface area contributed by atoms with E-state index in [0.717, 1.165) is 6.54 Å². The van der Waals surface area contributed by atoms with Crippen LogP contribution in [0, 0.1) is 0 Å². The van der Waals surface area contributed by atoms with Gasteiger partial charge in [0, 0.05) is 0 Å². The molecule has 0 bridgehead atoms. The number of aliphatic hydroxyl groups excluding tert-OH is 1. The smallest absolute Gasteiger partial charge is 0.392 e. The van der Waals surface area contributed by atoms with E-state index in [1.54, 1.807) is 0 Å². The number of unbranched alkanes of at least 4 members (excludes halogenated alkanes) is 3. The molecular formula is C21H27F6NO. The fraction of sp³-hybridized carbons (Fsp3) is 0.429. The third-order valence-electron chi connectivity index (χ3n) is 3.55. The Morgan fingerprint density at radius 2 is 1.14 bits per heavy atom. The van der Waals surface area contributed by atoms with Gasteiger partial charge in [-0.1, -0.05) is 62.6 Å². The molecule has 0 unspecified atom stereocenters. The summed E-state index contributed by atoms with van der Waals surface area (Å²) in [6.45, 7) is 2.18. The zero-order valence-corrected chi connectivity index (χ0v) is 16.2. The Morgan fingerprint density at radius 3 is 1.41 bits per heavy atom. The summed E-state index contributed by atoms with van der Waals surface area (Å²) in [5.74, 6) is 0. The average molecular weight is 423 g/mol. The van der Waals surface area contributed by atoms with Crippen molar-refractivity contribution < 1.29 is 31.4 Å². The van der Waals surface area contributed by atoms with Gasteiger partial charge in [-0.2, -0.15) is 26.3 Å². The minimum Gasteiger partial charge on any atom is -0.392 e. The molecule has 0 fully saturated rings. The maximum absolute atomic E-state index is 12.2. The van der Waals surface area contributed by atoms with E-state index in [2.05, 4.69) is 6.92 Å². The lowest BCUT2D eigenvalue weighted by atomic mass is 10.1. The Bertz CT molecular complexity index is 593. The van der Waals surface area contributed by atoms with Gasteiger partial charge in [0.05, 0.1) is 17.7 Å². The minimum atomic E-state index is -4.87. The number of benzene rings is 2. The molecule has 0 saturated heterocycles. The van der Waals surface area contributed by atoms with Crippen LogP contribution in [0.3, 0.4) is 0 Å². The quantitative estimate of drug-likeness (QED) is 0.430. The van der Waals surface area contributed by atoms with Crippen molar-refractivity contribution in [3.63, 3.8) is 0 Å². The number of nitrogens with two attached hydrogens (primary N) is 1. The molecule has 2 aromatic rings. The highest BCUT2D eigenvalue weighted by atomic mass is 19.4. The normalized spacial score (nSPS) is 11.1. The molecule has 164 valence electrons. The first-order valence-corrected chi connectivity index (χ1v) is 9.15. The predicted octanol–water partition coefficient (Wildman–Crippen LogP) is 6.43. The second kappa shape index (κ2) is 14.0. The van der Waals surface area contributed by atoms with Gasteiger partial charge in [0.2, 0.25) is 0 Å². The standard InChI is InChI=1S/C9H6F6O.C6H15N.C6H6/c10-8(11,12)6-1-5(4-16)2-7(3-6)9(13,14)15;1-2-3-4-5-6-7;1-2-4-6-5-3-1/h1-3,16H,4H2;2-7H2,1H3;1-6H. The largest absolute Gasteiger partial charge is 0.416 e. The van der Waals surface area contributed by atoms with Crippen molar-refractivity contribution in [3.05, 3.63) is 71.3 Å². The summed E-state index contributed by atoms with van der Waals surface area (Å²) in [7, 11) is 0. The van der Waals surface area contributed by atoms with Crippen molar-refractivity contribution in [2.75, 3.05) is 6.54 Å². The van der Waals surface area contributed by atoms with Crippen LogP contribution >= 0.6 is 0 Å². The molecule has 0 spiro atoms. The lowest BCUT2D eigenvalue weighted by Crippen LogP contribution is -2.11. The molecule has 3 N–H and O–H groups in total. The summed E-state index contributed by atoms with van der Waals surface area (Å²) in [6, 6.07) is 13.0. The van der Waals surface area contributed by atoms with Crippen LogP contribution in [0.2, 0.25) is 0 Å². The van der Waals surface area contributed by atoms with E-state index < -0.39 is 35.6 Å². The predicted molar refractivity (Wildman–Crippen MR) is 102 cm³/mol. The topological polar surface area (TPSA) is 46.2 Å². The van der Waals surface area contributed by atoms with E-state index in [1.165, 1.54) is 25.7 Å². The lowest BCUT2D eigenvalue weighted by Gasteiger charge is -2.13. The van der Waals surface area contributed by atoms with Crippen molar-refractivity contribution >= 4 is 0 Å². The number of alkyl halides is 6. The molecule has 2 nitrogen and oxygen atoms in total. The molecule has 29 heavy (non-hydrogen) atoms. The van der Waals surface area contributed by atoms with Crippen molar-refractivity contribution in [2.45, 2.75) is 51.6 Å². The van der Waals surface area contributed by atoms with Gasteiger partial charge in [0.1, 0.15) is 0 Å². The fourth-order valence-electron chi connectivity index (χ4n) is 2.07. The maximum Gasteiger partial charge on any atom is 0.416 e. The molecule has 0 aliphatic carbocycles. The van der Waals surface area contributed by atoms with Crippen LogP contribution < -0.4 is 5.73 Å². The summed E-state index contributed by atoms with van der Waals surface area (Å²) in [5, 5.41) is 8.58. The highest BCUT2D eigenvalue weighted by molar-refractivity contribution is 5.33. The Morgan fingerprint density at radius 1 is 0.724 bits per heavy atom. The Hall–Kier alpha value is -2.06. The van der Waals surface area contributed by atoms with Crippen LogP contribution in [0.1, 0.15) is 49.3 Å². The second-order valence-corrected chi connectivity index (χ2v) is 6.08. The van der Waals surface area contributed by atoms with E-state index in [4.69, 9.17) is 10.8 Å². The van der Waals surface area contributed by atoms with Crippen molar-refractivity contribution in [2.24, 2.45) is 5.73 Å². The monoisotopic (exact) mass is 423 g/mol. The number of aliphatic hydroxyl groups is 1. The first kappa shape index (κ1) is 26.9. The summed E-state index contributed by atoms with van der Waals surface area (Å²) >= 11 is 0. The van der Waals surface area contributed by atoms with Gasteiger partial charge in [0.15, 0.2) is 0 Å². The molecular weight excluding hydrogens is 396 g/mol. The zero-order chi connectivity index (χ0) is 22.3. The first-order chi connectivity index (χ1) is 13.6. The Labute approximate surface area is 167 Å². The molecule has 0 aliphatic rings. The number of hydrogen-bond acceptors (Lipinski definition) is 2. The van der Waals surface area contributed by atoms with Crippen LogP contribution in [0.4, 0.5) is 26.3 Å². The van der Waals surface area contributed by atoms with Gasteiger partial charge in [0.25, 0.3) is 0 Å². The van der Waals surface area contributed by atoms with Gasteiger partial charge in [-0.25, -0.2) is 0 Å². The van der Waals surface area contributed by atoms with Crippen molar-refractivity contribution in [1.82, 2.24) is 0 Å². The van der Waals surface area contributed by atoms with E-state index in [-0.39, 0.29) is 6.07 Å². The summed E-state index contributed by atoms with van der Waals surface area (Å²) < 4.78 is 73.3. The molecule has 0 radical (unpaired) electrons. The third-order valence-corrected chi connectivity index (χ3v) is 3.55. The third kappa shape index (κ3) is 12.9. The molecule has 0 heterocycles. The summed E-state index contributed by atoms with van der Waals surface area (Å²) in [5.41, 5.74) is 1.99. The van der Waals surface area contributed by atoms with E-state index in [1.807, 2.05) is 36.4 Å². The number of rotatable bonds is 5.